The number of nitriles is 1. The second-order valence-electron chi connectivity index (χ2n) is 22.9. The van der Waals surface area contributed by atoms with Gasteiger partial charge in [-0.15, -0.1) is 6.10 Å². The van der Waals surface area contributed by atoms with Crippen LogP contribution in [0.15, 0.2) is 218 Å². The summed E-state index contributed by atoms with van der Waals surface area (Å²) in [4.78, 5) is 24.8. The Morgan fingerprint density at radius 2 is 0.660 bits per heavy atom. The molecule has 0 bridgehead atoms. The minimum atomic E-state index is -6.09. The number of fused-ring (bicyclic) bond motifs is 4. The first-order chi connectivity index (χ1) is 45.6. The molecule has 0 aliphatic rings. The first kappa shape index (κ1) is 78.1. The first-order valence-electron chi connectivity index (χ1n) is 31.4. The SMILES string of the molecule is CC#N.CCn1c(CN(Cc2nc3ccccc3n2CC)CC([O-])CN(Cc2nc3ccccc3n2CC)Cc2nc3ccccc3n2CC)nc2ccccc21.C[As](C)(=O)[O-].O=S(=O)([O-])C(F)(F)F.[Fe+2].[Fe+2].c1ccc([B-](c2ccccc2)(c2ccccc2)c2ccccc2)cc1. The number of hydrogen-bond donors (Lipinski definition) is 0. The molecule has 12 rings (SSSR count). The Kier molecular flexibility index (Phi) is 29.1. The molecule has 8 aromatic carbocycles. The minimum absolute atomic E-state index is 0. The van der Waals surface area contributed by atoms with E-state index in [1.54, 1.807) is 6.07 Å². The van der Waals surface area contributed by atoms with Crippen LogP contribution < -0.4 is 31.1 Å². The van der Waals surface area contributed by atoms with Crippen LogP contribution in [-0.2, 0) is 100 Å². The van der Waals surface area contributed by atoms with Gasteiger partial charge in [0.2, 0.25) is 0 Å². The van der Waals surface area contributed by atoms with E-state index in [1.165, 1.54) is 40.2 Å². The number of benzene rings is 8. The van der Waals surface area contributed by atoms with Gasteiger partial charge in [0.25, 0.3) is 0 Å². The zero-order chi connectivity index (χ0) is 68.3. The van der Waals surface area contributed by atoms with Gasteiger partial charge in [0.05, 0.1) is 76.4 Å². The third-order valence-electron chi connectivity index (χ3n) is 16.1. The number of nitrogens with zero attached hydrogens (tertiary/aromatic N) is 11. The molecule has 0 N–H and O–H groups in total. The number of hydrogen-bond acceptors (Lipinski definition) is 13. The van der Waals surface area contributed by atoms with E-state index >= 15 is 0 Å². The summed E-state index contributed by atoms with van der Waals surface area (Å²) in [6.07, 6.45) is -2.14. The Balaban J connectivity index is 0.000000284. The van der Waals surface area contributed by atoms with Crippen LogP contribution in [0.4, 0.5) is 13.2 Å². The van der Waals surface area contributed by atoms with Crippen molar-refractivity contribution in [3.05, 3.63) is 242 Å². The van der Waals surface area contributed by atoms with E-state index in [0.717, 1.165) is 93.6 Å². The predicted molar refractivity (Wildman–Crippen MR) is 369 cm³/mol. The average molecular weight is 1480 g/mol. The Labute approximate surface area is 589 Å². The largest absolute Gasteiger partial charge is 2.00 e. The standard InChI is InChI=1S/C43H49N10O.C24H20B.C2H7AsO2.C2H3N.CHF3O3S.2Fe/c1-5-50-36-21-13-9-17-32(36)44-40(50)27-48(28-41-45-33-18-10-14-22-37(33)51(41)6-2)25-31(54)26-49(29-42-46-34-19-11-15-23-38(34)52(42)7-3)30-43-47-35-20-12-16-24-39(35)53(43)8-4;1-5-13-21(14-6-1)25(22-15-7-2-8-16-22,23-17-9-3-10-18-23)24-19-11-4-12-20-24;1-3(2,4)5;1-2-3;2-1(3,4)8(5,6)7;;/h9-24,31H,5-8,25-30H2,1-4H3;1-20H;1-2H3,(H,4,5);1H3;(H,5,6,7);;/q2*-1;;;;2*+2/p-2. The molecular weight excluding hydrogens is 1400 g/mol. The van der Waals surface area contributed by atoms with Gasteiger partial charge >= 0.3 is 72.7 Å². The van der Waals surface area contributed by atoms with E-state index in [9.17, 15) is 26.1 Å². The van der Waals surface area contributed by atoms with Crippen molar-refractivity contribution in [2.75, 3.05) is 13.1 Å². The number of halogens is 3. The van der Waals surface area contributed by atoms with Crippen molar-refractivity contribution in [1.82, 2.24) is 48.0 Å². The van der Waals surface area contributed by atoms with E-state index in [1.807, 2.05) is 24.3 Å². The molecule has 17 nitrogen and oxygen atoms in total. The fraction of sp³-hybridized carbons (Fsp3) is 0.264. The molecule has 4 aromatic heterocycles. The second-order valence-corrected chi connectivity index (χ2v) is 29.5. The first-order valence-corrected chi connectivity index (χ1v) is 38.1. The smallest absolute Gasteiger partial charge is 0.741 e. The van der Waals surface area contributed by atoms with Crippen LogP contribution in [0.1, 0.15) is 57.9 Å². The van der Waals surface area contributed by atoms with Gasteiger partial charge in [-0.05, 0) is 89.3 Å². The zero-order valence-electron chi connectivity index (χ0n) is 55.1. The average Bonchev–Trinajstić information content (AvgIpc) is 1.72. The summed E-state index contributed by atoms with van der Waals surface area (Å²) in [6, 6.07) is 78.4. The number of imidazole rings is 4. The van der Waals surface area contributed by atoms with Crippen molar-refractivity contribution in [3.8, 4) is 6.07 Å². The number of aryl methyl sites for hydroxylation is 4. The summed E-state index contributed by atoms with van der Waals surface area (Å²) >= 11 is -3.38. The normalized spacial score (nSPS) is 11.6. The maximum atomic E-state index is 14.6. The molecule has 4 heterocycles. The predicted octanol–water partition coefficient (Wildman–Crippen LogP) is 9.72. The number of aromatic nitrogens is 8. The van der Waals surface area contributed by atoms with Gasteiger partial charge in [0.1, 0.15) is 29.4 Å². The number of para-hydroxylation sites is 8. The molecule has 0 radical (unpaired) electrons. The van der Waals surface area contributed by atoms with E-state index in [0.29, 0.717) is 39.3 Å². The quantitative estimate of drug-likeness (QED) is 0.0394. The van der Waals surface area contributed by atoms with Crippen molar-refractivity contribution in [2.45, 2.75) is 110 Å². The third kappa shape index (κ3) is 19.9. The van der Waals surface area contributed by atoms with Gasteiger partial charge in [0.15, 0.2) is 10.1 Å². The molecule has 0 spiro atoms. The van der Waals surface area contributed by atoms with E-state index in [2.05, 4.69) is 250 Å². The summed E-state index contributed by atoms with van der Waals surface area (Å²) in [7, 11) is -6.09. The number of alkyl halides is 3. The van der Waals surface area contributed by atoms with Crippen molar-refractivity contribution in [2.24, 2.45) is 0 Å². The maximum absolute atomic E-state index is 14.6. The summed E-state index contributed by atoms with van der Waals surface area (Å²) < 4.78 is 87.4. The van der Waals surface area contributed by atoms with Crippen LogP contribution >= 0.6 is 0 Å². The van der Waals surface area contributed by atoms with Crippen LogP contribution in [-0.4, -0.2) is 106 Å². The molecule has 0 unspecified atom stereocenters. The fourth-order valence-corrected chi connectivity index (χ4v) is 12.3. The maximum Gasteiger partial charge on any atom is 2.00 e. The molecule has 0 aliphatic heterocycles. The van der Waals surface area contributed by atoms with Gasteiger partial charge in [-0.3, -0.25) is 9.80 Å². The Morgan fingerprint density at radius 1 is 0.474 bits per heavy atom. The Hall–Kier alpha value is -7.87. The molecule has 0 aliphatic carbocycles. The van der Waals surface area contributed by atoms with Crippen LogP contribution in [0.5, 0.6) is 0 Å². The summed E-state index contributed by atoms with van der Waals surface area (Å²) in [5.74, 6) is 3.82. The molecule has 0 amide bonds. The monoisotopic (exact) mass is 1480 g/mol. The van der Waals surface area contributed by atoms with Gasteiger partial charge < -0.3 is 27.9 Å². The Bertz CT molecular complexity index is 4120. The summed E-state index contributed by atoms with van der Waals surface area (Å²) in [5.41, 5.74) is 10.5. The van der Waals surface area contributed by atoms with Crippen molar-refractivity contribution >= 4 is 96.1 Å². The summed E-state index contributed by atoms with van der Waals surface area (Å²) in [6.45, 7) is 16.0. The molecule has 97 heavy (non-hydrogen) atoms. The zero-order valence-corrected chi connectivity index (χ0v) is 60.0. The third-order valence-corrected chi connectivity index (χ3v) is 16.6. The molecule has 25 heteroatoms. The van der Waals surface area contributed by atoms with E-state index in [-0.39, 0.29) is 34.1 Å². The molecule has 12 aromatic rings. The van der Waals surface area contributed by atoms with Crippen LogP contribution in [0.2, 0.25) is 11.4 Å². The van der Waals surface area contributed by atoms with Crippen LogP contribution in [0.3, 0.4) is 0 Å². The fourth-order valence-electron chi connectivity index (χ4n) is 12.3. The van der Waals surface area contributed by atoms with Crippen LogP contribution in [0.25, 0.3) is 44.1 Å². The van der Waals surface area contributed by atoms with Gasteiger partial charge in [0, 0.05) is 33.1 Å². The summed E-state index contributed by atoms with van der Waals surface area (Å²) in [5, 5.41) is 21.9. The molecule has 0 atom stereocenters. The topological polar surface area (TPSA) is 222 Å². The molecule has 508 valence electrons. The van der Waals surface area contributed by atoms with Crippen molar-refractivity contribution in [3.63, 3.8) is 0 Å². The van der Waals surface area contributed by atoms with Gasteiger partial charge in [-0.25, -0.2) is 28.4 Å². The number of rotatable bonds is 20. The van der Waals surface area contributed by atoms with Crippen molar-refractivity contribution < 1.29 is 73.2 Å². The molecule has 0 saturated heterocycles. The van der Waals surface area contributed by atoms with Crippen molar-refractivity contribution in [1.29, 1.82) is 5.26 Å². The Morgan fingerprint density at radius 3 is 0.845 bits per heavy atom. The molecule has 0 fully saturated rings. The molecular formula is C72H78AsBF3Fe2N11O6S. The molecule has 0 saturated carbocycles. The van der Waals surface area contributed by atoms with E-state index in [4.69, 9.17) is 38.2 Å². The van der Waals surface area contributed by atoms with Gasteiger partial charge in [-0.2, -0.15) is 40.3 Å². The van der Waals surface area contributed by atoms with Crippen LogP contribution in [0, 0.1) is 11.3 Å². The second kappa shape index (κ2) is 36.1. The van der Waals surface area contributed by atoms with E-state index < -0.39 is 41.7 Å². The van der Waals surface area contributed by atoms with Gasteiger partial charge in [-0.1, -0.05) is 170 Å². The minimum Gasteiger partial charge on any atom is -0.741 e.